The van der Waals surface area contributed by atoms with E-state index in [1.807, 2.05) is 35.2 Å². The Morgan fingerprint density at radius 3 is 2.09 bits per heavy atom. The predicted molar refractivity (Wildman–Crippen MR) is 91.9 cm³/mol. The number of nitrogens with zero attached hydrogens (tertiary/aromatic N) is 1. The summed E-state index contributed by atoms with van der Waals surface area (Å²) in [5.74, 6) is 0.0990. The fourth-order valence-corrected chi connectivity index (χ4v) is 3.09. The zero-order valence-electron chi connectivity index (χ0n) is 13.8. The maximum Gasteiger partial charge on any atom is 1.00 e. The Labute approximate surface area is 189 Å². The molecule has 0 saturated carbocycles. The minimum Gasteiger partial charge on any atom is -0.868 e. The molecule has 0 spiro atoms. The summed E-state index contributed by atoms with van der Waals surface area (Å²) in [5, 5.41) is 9.56. The number of thioether (sulfide) groups is 1. The number of piperidine rings is 1. The third-order valence-electron chi connectivity index (χ3n) is 3.08. The summed E-state index contributed by atoms with van der Waals surface area (Å²) in [6, 6.07) is 9.36. The molecule has 1 aromatic carbocycles. The summed E-state index contributed by atoms with van der Waals surface area (Å²) < 4.78 is 0. The van der Waals surface area contributed by atoms with Gasteiger partial charge in [-0.25, -0.2) is 0 Å². The van der Waals surface area contributed by atoms with Gasteiger partial charge in [-0.2, -0.15) is 0 Å². The van der Waals surface area contributed by atoms with Gasteiger partial charge < -0.3 is 10.0 Å². The molecule has 1 aliphatic heterocycles. The molecule has 2 rings (SSSR count). The Hall–Kier alpha value is 0.236. The van der Waals surface area contributed by atoms with Gasteiger partial charge >= 0.3 is 51.4 Å². The third kappa shape index (κ3) is 9.96. The van der Waals surface area contributed by atoms with Crippen molar-refractivity contribution in [3.8, 4) is 0 Å². The average Bonchev–Trinajstić information content (AvgIpc) is 2.47. The third-order valence-corrected chi connectivity index (χ3v) is 4.22. The first-order valence-corrected chi connectivity index (χ1v) is 8.38. The Bertz CT molecular complexity index is 513. The second-order valence-corrected chi connectivity index (χ2v) is 7.01. The van der Waals surface area contributed by atoms with Crippen molar-refractivity contribution in [2.24, 2.45) is 0 Å². The summed E-state index contributed by atoms with van der Waals surface area (Å²) in [7, 11) is 0. The maximum absolute atomic E-state index is 12.2. The summed E-state index contributed by atoms with van der Waals surface area (Å²) in [4.78, 5) is 25.1. The van der Waals surface area contributed by atoms with Crippen LogP contribution in [-0.4, -0.2) is 39.3 Å². The van der Waals surface area contributed by atoms with Gasteiger partial charge in [-0.05, 0) is 31.9 Å². The number of carbonyl (C=O) groups is 2. The SMILES string of the molecule is CC(=O)SC1CCN(C(=O)c2ccccc2)CC1.CC([O-])=S.[K+]. The van der Waals surface area contributed by atoms with Gasteiger partial charge in [-0.3, -0.25) is 9.59 Å². The summed E-state index contributed by atoms with van der Waals surface area (Å²) >= 11 is 5.39. The van der Waals surface area contributed by atoms with Crippen molar-refractivity contribution < 1.29 is 66.1 Å². The smallest absolute Gasteiger partial charge is 0.868 e. The van der Waals surface area contributed by atoms with E-state index >= 15 is 0 Å². The molecule has 0 unspecified atom stereocenters. The van der Waals surface area contributed by atoms with E-state index in [9.17, 15) is 14.7 Å². The Morgan fingerprint density at radius 1 is 1.17 bits per heavy atom. The topological polar surface area (TPSA) is 60.4 Å². The van der Waals surface area contributed by atoms with Crippen LogP contribution in [0.5, 0.6) is 0 Å². The minimum absolute atomic E-state index is 0. The predicted octanol–water partition coefficient (Wildman–Crippen LogP) is -0.731. The van der Waals surface area contributed by atoms with Crippen molar-refractivity contribution in [2.75, 3.05) is 13.1 Å². The van der Waals surface area contributed by atoms with E-state index in [0.29, 0.717) is 5.25 Å². The largest absolute Gasteiger partial charge is 1.00 e. The fraction of sp³-hybridized carbons (Fsp3) is 0.438. The first kappa shape index (κ1) is 23.2. The average molecular weight is 378 g/mol. The van der Waals surface area contributed by atoms with Crippen molar-refractivity contribution in [1.29, 1.82) is 0 Å². The van der Waals surface area contributed by atoms with Gasteiger partial charge in [0.1, 0.15) is 0 Å². The van der Waals surface area contributed by atoms with Gasteiger partial charge in [-0.15, -0.1) is 12.2 Å². The molecule has 1 fully saturated rings. The number of rotatable bonds is 2. The van der Waals surface area contributed by atoms with E-state index in [0.717, 1.165) is 31.5 Å². The van der Waals surface area contributed by atoms with Crippen LogP contribution >= 0.6 is 24.0 Å². The minimum atomic E-state index is -0.250. The van der Waals surface area contributed by atoms with E-state index in [4.69, 9.17) is 0 Å². The van der Waals surface area contributed by atoms with Crippen LogP contribution in [0.15, 0.2) is 30.3 Å². The van der Waals surface area contributed by atoms with E-state index in [1.165, 1.54) is 18.7 Å². The summed E-state index contributed by atoms with van der Waals surface area (Å²) in [6.45, 7) is 4.44. The summed E-state index contributed by atoms with van der Waals surface area (Å²) in [5.41, 5.74) is 0.746. The molecule has 0 aliphatic carbocycles. The molecule has 0 bridgehead atoms. The number of amides is 1. The van der Waals surface area contributed by atoms with Crippen LogP contribution in [-0.2, 0) is 4.79 Å². The van der Waals surface area contributed by atoms with Gasteiger partial charge in [0, 0.05) is 30.8 Å². The number of hydrogen-bond donors (Lipinski definition) is 0. The maximum atomic E-state index is 12.2. The van der Waals surface area contributed by atoms with Gasteiger partial charge in [0.15, 0.2) is 5.12 Å². The molecule has 1 saturated heterocycles. The zero-order valence-corrected chi connectivity index (χ0v) is 18.5. The molecule has 1 aromatic rings. The van der Waals surface area contributed by atoms with Gasteiger partial charge in [-0.1, -0.05) is 35.0 Å². The molecular weight excluding hydrogens is 357 g/mol. The van der Waals surface area contributed by atoms with E-state index in [1.54, 1.807) is 6.92 Å². The van der Waals surface area contributed by atoms with Crippen LogP contribution < -0.4 is 56.5 Å². The molecule has 0 atom stereocenters. The van der Waals surface area contributed by atoms with Crippen LogP contribution in [0.25, 0.3) is 0 Å². The van der Waals surface area contributed by atoms with Crippen LogP contribution in [0.2, 0.25) is 0 Å². The number of likely N-dealkylation sites (tertiary alicyclic amines) is 1. The van der Waals surface area contributed by atoms with Crippen molar-refractivity contribution in [3.63, 3.8) is 0 Å². The molecule has 1 aliphatic rings. The molecule has 0 radical (unpaired) electrons. The normalized spacial score (nSPS) is 14.1. The van der Waals surface area contributed by atoms with Crippen molar-refractivity contribution in [3.05, 3.63) is 35.9 Å². The van der Waals surface area contributed by atoms with Crippen molar-refractivity contribution in [2.45, 2.75) is 31.9 Å². The van der Waals surface area contributed by atoms with Crippen LogP contribution in [0.4, 0.5) is 0 Å². The van der Waals surface area contributed by atoms with Crippen LogP contribution in [0, 0.1) is 0 Å². The molecule has 120 valence electrons. The molecule has 7 heteroatoms. The number of hydrogen-bond acceptors (Lipinski definition) is 5. The molecule has 0 N–H and O–H groups in total. The van der Waals surface area contributed by atoms with Crippen molar-refractivity contribution in [1.82, 2.24) is 4.90 Å². The van der Waals surface area contributed by atoms with Crippen molar-refractivity contribution >= 4 is 40.1 Å². The Balaban J connectivity index is 0.000000871. The number of benzene rings is 1. The van der Waals surface area contributed by atoms with Gasteiger partial charge in [0.05, 0.1) is 0 Å². The number of carbonyl (C=O) groups excluding carboxylic acids is 2. The summed E-state index contributed by atoms with van der Waals surface area (Å²) in [6.07, 6.45) is 1.81. The zero-order chi connectivity index (χ0) is 16.5. The van der Waals surface area contributed by atoms with Crippen LogP contribution in [0.1, 0.15) is 37.0 Å². The Morgan fingerprint density at radius 2 is 1.65 bits per heavy atom. The molecule has 0 aromatic heterocycles. The van der Waals surface area contributed by atoms with E-state index in [-0.39, 0.29) is 67.5 Å². The molecule has 1 heterocycles. The Kier molecular flexibility index (Phi) is 12.7. The fourth-order valence-electron chi connectivity index (χ4n) is 2.17. The van der Waals surface area contributed by atoms with Gasteiger partial charge in [0.2, 0.25) is 0 Å². The molecule has 23 heavy (non-hydrogen) atoms. The second-order valence-electron chi connectivity index (χ2n) is 4.96. The first-order chi connectivity index (χ1) is 10.4. The van der Waals surface area contributed by atoms with Crippen LogP contribution in [0.3, 0.4) is 0 Å². The molecule has 1 amide bonds. The van der Waals surface area contributed by atoms with Gasteiger partial charge in [0.25, 0.3) is 5.91 Å². The molecular formula is C16H20KNO3S2. The number of thiocarbonyl (C=S) groups is 1. The first-order valence-electron chi connectivity index (χ1n) is 7.09. The second kappa shape index (κ2) is 12.6. The van der Waals surface area contributed by atoms with E-state index in [2.05, 4.69) is 12.2 Å². The standard InChI is InChI=1S/C14H17NO2S.C2H4OS.K/c1-11(16)18-13-7-9-15(10-8-13)14(17)12-5-3-2-4-6-12;1-2(3)4;/h2-6,13H,7-10H2,1H3;1H3,(H,3,4);/q;;+1/p-1. The molecule has 4 nitrogen and oxygen atoms in total. The van der Waals surface area contributed by atoms with E-state index < -0.39 is 0 Å². The monoisotopic (exact) mass is 377 g/mol. The quantitative estimate of drug-likeness (QED) is 0.502.